The summed E-state index contributed by atoms with van der Waals surface area (Å²) in [5.74, 6) is 0.325. The van der Waals surface area contributed by atoms with E-state index < -0.39 is 0 Å². The van der Waals surface area contributed by atoms with Crippen molar-refractivity contribution in [3.8, 4) is 11.5 Å². The van der Waals surface area contributed by atoms with E-state index in [0.29, 0.717) is 5.75 Å². The van der Waals surface area contributed by atoms with Gasteiger partial charge >= 0.3 is 0 Å². The lowest BCUT2D eigenvalue weighted by molar-refractivity contribution is -0.110. The van der Waals surface area contributed by atoms with E-state index in [2.05, 4.69) is 4.98 Å². The van der Waals surface area contributed by atoms with Crippen LogP contribution in [0.3, 0.4) is 0 Å². The van der Waals surface area contributed by atoms with E-state index in [1.54, 1.807) is 24.3 Å². The molecule has 0 bridgehead atoms. The maximum atomic E-state index is 12.0. The Morgan fingerprint density at radius 1 is 1.12 bits per heavy atom. The molecule has 2 aromatic carbocycles. The number of allylic oxidation sites excluding steroid dienone is 2. The molecular formula is C20H17NO3. The van der Waals surface area contributed by atoms with Crippen molar-refractivity contribution in [2.75, 3.05) is 7.11 Å². The minimum Gasteiger partial charge on any atom is -0.504 e. The molecule has 0 spiro atoms. The fraction of sp³-hybridized carbons (Fsp3) is 0.0500. The predicted molar refractivity (Wildman–Crippen MR) is 96.0 cm³/mol. The number of phenolic OH excluding ortho intramolecular Hbond substituents is 1. The summed E-state index contributed by atoms with van der Waals surface area (Å²) in [4.78, 5) is 15.2. The molecular weight excluding hydrogens is 302 g/mol. The molecule has 0 saturated carbocycles. The Bertz CT molecular complexity index is 935. The van der Waals surface area contributed by atoms with Gasteiger partial charge in [-0.1, -0.05) is 30.3 Å². The number of aromatic amines is 1. The molecule has 3 aromatic rings. The van der Waals surface area contributed by atoms with Crippen molar-refractivity contribution in [2.24, 2.45) is 0 Å². The molecule has 0 saturated heterocycles. The van der Waals surface area contributed by atoms with Crippen LogP contribution in [0.1, 0.15) is 11.1 Å². The van der Waals surface area contributed by atoms with Crippen molar-refractivity contribution in [3.63, 3.8) is 0 Å². The number of phenols is 1. The number of H-pyrrole nitrogens is 1. The van der Waals surface area contributed by atoms with Gasteiger partial charge in [-0.15, -0.1) is 0 Å². The Kier molecular flexibility index (Phi) is 4.47. The van der Waals surface area contributed by atoms with E-state index in [4.69, 9.17) is 4.74 Å². The molecule has 0 aliphatic rings. The van der Waals surface area contributed by atoms with Crippen LogP contribution in [0.5, 0.6) is 11.5 Å². The average molecular weight is 319 g/mol. The number of nitrogens with one attached hydrogen (secondary N) is 1. The van der Waals surface area contributed by atoms with Gasteiger partial charge in [0.05, 0.1) is 7.11 Å². The smallest absolute Gasteiger partial charge is 0.178 e. The largest absolute Gasteiger partial charge is 0.504 e. The second kappa shape index (κ2) is 6.87. The van der Waals surface area contributed by atoms with Crippen LogP contribution in [-0.4, -0.2) is 23.0 Å². The molecule has 1 heterocycles. The Hall–Kier alpha value is -3.27. The zero-order valence-corrected chi connectivity index (χ0v) is 13.2. The van der Waals surface area contributed by atoms with Gasteiger partial charge in [0.2, 0.25) is 0 Å². The molecule has 4 heteroatoms. The molecule has 0 atom stereocenters. The lowest BCUT2D eigenvalue weighted by Crippen LogP contribution is -1.86. The predicted octanol–water partition coefficient (Wildman–Crippen LogP) is 4.18. The van der Waals surface area contributed by atoms with Crippen molar-refractivity contribution < 1.29 is 14.6 Å². The van der Waals surface area contributed by atoms with Gasteiger partial charge in [-0.2, -0.15) is 0 Å². The standard InChI is InChI=1S/C20H17NO3/c1-24-20-12-14(7-11-19(20)23)6-9-16(22)10-8-15-13-21-18-5-3-2-4-17(15)18/h2-13,21,23H,1H3/b9-6+,10-8+. The normalized spacial score (nSPS) is 11.5. The zero-order valence-electron chi connectivity index (χ0n) is 13.2. The number of methoxy groups -OCH3 is 1. The topological polar surface area (TPSA) is 62.3 Å². The highest BCUT2D eigenvalue weighted by atomic mass is 16.5. The first-order valence-electron chi connectivity index (χ1n) is 7.50. The van der Waals surface area contributed by atoms with E-state index >= 15 is 0 Å². The second-order valence-electron chi connectivity index (χ2n) is 5.29. The van der Waals surface area contributed by atoms with Crippen LogP contribution in [0.4, 0.5) is 0 Å². The van der Waals surface area contributed by atoms with E-state index in [9.17, 15) is 9.90 Å². The van der Waals surface area contributed by atoms with Crippen molar-refractivity contribution in [2.45, 2.75) is 0 Å². The molecule has 0 fully saturated rings. The summed E-state index contributed by atoms with van der Waals surface area (Å²) in [5.41, 5.74) is 2.79. The maximum Gasteiger partial charge on any atom is 0.178 e. The third-order valence-electron chi connectivity index (χ3n) is 3.69. The highest BCUT2D eigenvalue weighted by molar-refractivity contribution is 6.05. The third kappa shape index (κ3) is 3.38. The number of aromatic hydroxyl groups is 1. The number of para-hydroxylation sites is 1. The molecule has 2 N–H and O–H groups in total. The molecule has 0 aliphatic carbocycles. The highest BCUT2D eigenvalue weighted by Crippen LogP contribution is 2.26. The van der Waals surface area contributed by atoms with Crippen LogP contribution >= 0.6 is 0 Å². The lowest BCUT2D eigenvalue weighted by Gasteiger charge is -2.03. The monoisotopic (exact) mass is 319 g/mol. The fourth-order valence-electron chi connectivity index (χ4n) is 2.44. The van der Waals surface area contributed by atoms with Gasteiger partial charge in [0.1, 0.15) is 0 Å². The number of benzene rings is 2. The van der Waals surface area contributed by atoms with E-state index in [0.717, 1.165) is 22.0 Å². The van der Waals surface area contributed by atoms with E-state index in [-0.39, 0.29) is 11.5 Å². The van der Waals surface area contributed by atoms with Crippen LogP contribution in [0.2, 0.25) is 0 Å². The molecule has 4 nitrogen and oxygen atoms in total. The number of carbonyl (C=O) groups excluding carboxylic acids is 1. The molecule has 0 unspecified atom stereocenters. The molecule has 0 radical (unpaired) electrons. The van der Waals surface area contributed by atoms with Crippen molar-refractivity contribution >= 4 is 28.8 Å². The van der Waals surface area contributed by atoms with Gasteiger partial charge in [0.25, 0.3) is 0 Å². The van der Waals surface area contributed by atoms with E-state index in [1.165, 1.54) is 25.3 Å². The van der Waals surface area contributed by atoms with E-state index in [1.807, 2.05) is 30.5 Å². The van der Waals surface area contributed by atoms with Crippen molar-refractivity contribution in [1.29, 1.82) is 0 Å². The summed E-state index contributed by atoms with van der Waals surface area (Å²) >= 11 is 0. The number of hydrogen-bond acceptors (Lipinski definition) is 3. The SMILES string of the molecule is COc1cc(/C=C/C(=O)/C=C/c2c[nH]c3ccccc23)ccc1O. The van der Waals surface area contributed by atoms with Gasteiger partial charge in [0.15, 0.2) is 17.3 Å². The molecule has 1 aromatic heterocycles. The number of aromatic nitrogens is 1. The lowest BCUT2D eigenvalue weighted by atomic mass is 10.1. The van der Waals surface area contributed by atoms with Crippen LogP contribution in [0, 0.1) is 0 Å². The summed E-state index contributed by atoms with van der Waals surface area (Å²) in [6, 6.07) is 12.8. The maximum absolute atomic E-state index is 12.0. The number of fused-ring (bicyclic) bond motifs is 1. The second-order valence-corrected chi connectivity index (χ2v) is 5.29. The Morgan fingerprint density at radius 3 is 2.75 bits per heavy atom. The average Bonchev–Trinajstić information content (AvgIpc) is 3.02. The molecule has 0 aliphatic heterocycles. The zero-order chi connectivity index (χ0) is 16.9. The van der Waals surface area contributed by atoms with Gasteiger partial charge in [-0.25, -0.2) is 0 Å². The first kappa shape index (κ1) is 15.6. The molecule has 3 rings (SSSR count). The number of hydrogen-bond donors (Lipinski definition) is 2. The van der Waals surface area contributed by atoms with Gasteiger partial charge in [0, 0.05) is 17.1 Å². The number of rotatable bonds is 5. The molecule has 24 heavy (non-hydrogen) atoms. The van der Waals surface area contributed by atoms with Crippen molar-refractivity contribution in [3.05, 3.63) is 71.9 Å². The van der Waals surface area contributed by atoms with Gasteiger partial charge in [-0.3, -0.25) is 4.79 Å². The minimum atomic E-state index is -0.118. The summed E-state index contributed by atoms with van der Waals surface area (Å²) in [7, 11) is 1.48. The highest BCUT2D eigenvalue weighted by Gasteiger charge is 2.01. The van der Waals surface area contributed by atoms with Gasteiger partial charge in [-0.05, 0) is 47.6 Å². The minimum absolute atomic E-state index is 0.0696. The van der Waals surface area contributed by atoms with Gasteiger partial charge < -0.3 is 14.8 Å². The summed E-state index contributed by atoms with van der Waals surface area (Å²) < 4.78 is 5.04. The molecule has 120 valence electrons. The van der Waals surface area contributed by atoms with Crippen LogP contribution in [0.15, 0.2) is 60.8 Å². The summed E-state index contributed by atoms with van der Waals surface area (Å²) in [5, 5.41) is 10.6. The first-order valence-corrected chi connectivity index (χ1v) is 7.50. The number of carbonyl (C=O) groups is 1. The quantitative estimate of drug-likeness (QED) is 0.694. The Morgan fingerprint density at radius 2 is 1.92 bits per heavy atom. The summed E-state index contributed by atoms with van der Waals surface area (Å²) in [6.45, 7) is 0. The summed E-state index contributed by atoms with van der Waals surface area (Å²) in [6.07, 6.45) is 8.37. The van der Waals surface area contributed by atoms with Crippen LogP contribution < -0.4 is 4.74 Å². The Balaban J connectivity index is 1.73. The first-order chi connectivity index (χ1) is 11.7. The van der Waals surface area contributed by atoms with Crippen LogP contribution in [0.25, 0.3) is 23.1 Å². The number of ether oxygens (including phenoxy) is 1. The fourth-order valence-corrected chi connectivity index (χ4v) is 2.44. The number of ketones is 1. The third-order valence-corrected chi connectivity index (χ3v) is 3.69. The Labute approximate surface area is 139 Å². The van der Waals surface area contributed by atoms with Crippen molar-refractivity contribution in [1.82, 2.24) is 4.98 Å². The molecule has 0 amide bonds. The van der Waals surface area contributed by atoms with Crippen LogP contribution in [-0.2, 0) is 4.79 Å².